The zero-order chi connectivity index (χ0) is 18.2. The summed E-state index contributed by atoms with van der Waals surface area (Å²) in [5.74, 6) is -0.426. The van der Waals surface area contributed by atoms with Crippen LogP contribution in [0.3, 0.4) is 0 Å². The van der Waals surface area contributed by atoms with Crippen molar-refractivity contribution in [1.82, 2.24) is 24.9 Å². The average Bonchev–Trinajstić information content (AvgIpc) is 2.97. The van der Waals surface area contributed by atoms with Crippen LogP contribution in [0.5, 0.6) is 0 Å². The van der Waals surface area contributed by atoms with Crippen LogP contribution in [0.25, 0.3) is 0 Å². The molecule has 1 N–H and O–H groups in total. The van der Waals surface area contributed by atoms with E-state index in [0.717, 1.165) is 15.9 Å². The minimum Gasteiger partial charge on any atom is -0.350 e. The summed E-state index contributed by atoms with van der Waals surface area (Å²) in [6, 6.07) is -0.880. The number of hydrogen-bond acceptors (Lipinski definition) is 3. The molecule has 0 spiro atoms. The minimum atomic E-state index is -4.59. The summed E-state index contributed by atoms with van der Waals surface area (Å²) in [4.78, 5) is 12.3. The molecule has 24 heavy (non-hydrogen) atoms. The van der Waals surface area contributed by atoms with Crippen molar-refractivity contribution in [3.63, 3.8) is 0 Å². The van der Waals surface area contributed by atoms with Crippen LogP contribution in [-0.2, 0) is 24.6 Å². The molecule has 0 bridgehead atoms. The van der Waals surface area contributed by atoms with Crippen molar-refractivity contribution in [2.24, 2.45) is 7.05 Å². The van der Waals surface area contributed by atoms with Gasteiger partial charge in [-0.05, 0) is 36.7 Å². The lowest BCUT2D eigenvalue weighted by molar-refractivity contribution is -0.142. The molecule has 0 aromatic carbocycles. The predicted molar refractivity (Wildman–Crippen MR) is 84.2 cm³/mol. The Hall–Kier alpha value is -1.84. The predicted octanol–water partition coefficient (Wildman–Crippen LogP) is 2.89. The highest BCUT2D eigenvalue weighted by Gasteiger charge is 2.38. The van der Waals surface area contributed by atoms with Gasteiger partial charge >= 0.3 is 6.18 Å². The highest BCUT2D eigenvalue weighted by atomic mass is 79.9. The maximum Gasteiger partial charge on any atom is 0.436 e. The number of nitrogens with one attached hydrogen (secondary N) is 1. The number of aryl methyl sites for hydroxylation is 1. The van der Waals surface area contributed by atoms with Crippen molar-refractivity contribution < 1.29 is 18.0 Å². The molecular formula is C14H17BrF3N5O. The van der Waals surface area contributed by atoms with Crippen molar-refractivity contribution in [3.8, 4) is 0 Å². The van der Waals surface area contributed by atoms with Crippen LogP contribution in [0.15, 0.2) is 10.7 Å². The number of nitrogens with zero attached hydrogens (tertiary/aromatic N) is 4. The molecule has 0 aliphatic carbocycles. The summed E-state index contributed by atoms with van der Waals surface area (Å²) in [6.07, 6.45) is -2.95. The van der Waals surface area contributed by atoms with Crippen molar-refractivity contribution in [3.05, 3.63) is 33.3 Å². The molecule has 0 saturated heterocycles. The molecular weight excluding hydrogens is 391 g/mol. The first kappa shape index (κ1) is 18.5. The van der Waals surface area contributed by atoms with Crippen LogP contribution in [0.4, 0.5) is 13.2 Å². The number of hydrogen-bond donors (Lipinski definition) is 1. The minimum absolute atomic E-state index is 0.155. The van der Waals surface area contributed by atoms with Crippen LogP contribution < -0.4 is 5.32 Å². The van der Waals surface area contributed by atoms with E-state index in [0.29, 0.717) is 0 Å². The van der Waals surface area contributed by atoms with Crippen LogP contribution in [0.2, 0.25) is 0 Å². The van der Waals surface area contributed by atoms with Gasteiger partial charge in [0.1, 0.15) is 6.04 Å². The largest absolute Gasteiger partial charge is 0.436 e. The Morgan fingerprint density at radius 2 is 2.00 bits per heavy atom. The molecule has 2 heterocycles. The van der Waals surface area contributed by atoms with Gasteiger partial charge in [-0.15, -0.1) is 0 Å². The summed E-state index contributed by atoms with van der Waals surface area (Å²) < 4.78 is 41.3. The lowest BCUT2D eigenvalue weighted by atomic mass is 10.2. The van der Waals surface area contributed by atoms with Gasteiger partial charge < -0.3 is 5.32 Å². The average molecular weight is 408 g/mol. The molecule has 0 saturated carbocycles. The van der Waals surface area contributed by atoms with Gasteiger partial charge in [0.25, 0.3) is 0 Å². The van der Waals surface area contributed by atoms with E-state index in [4.69, 9.17) is 0 Å². The number of rotatable bonds is 4. The molecule has 1 unspecified atom stereocenters. The third-order valence-electron chi connectivity index (χ3n) is 3.88. The third-order valence-corrected chi connectivity index (χ3v) is 4.83. The first-order chi connectivity index (χ1) is 11.0. The maximum absolute atomic E-state index is 12.9. The number of carbonyl (C=O) groups is 1. The zero-order valence-electron chi connectivity index (χ0n) is 13.6. The first-order valence-corrected chi connectivity index (χ1v) is 7.90. The molecule has 0 radical (unpaired) electrons. The van der Waals surface area contributed by atoms with Crippen LogP contribution in [0.1, 0.15) is 35.6 Å². The summed E-state index contributed by atoms with van der Waals surface area (Å²) >= 11 is 2.90. The monoisotopic (exact) mass is 407 g/mol. The van der Waals surface area contributed by atoms with E-state index in [2.05, 4.69) is 31.4 Å². The van der Waals surface area contributed by atoms with E-state index in [1.54, 1.807) is 17.9 Å². The second-order valence-electron chi connectivity index (χ2n) is 5.46. The van der Waals surface area contributed by atoms with E-state index in [-0.39, 0.29) is 16.7 Å². The fraction of sp³-hybridized carbons (Fsp3) is 0.500. The molecule has 0 aliphatic rings. The normalized spacial score (nSPS) is 13.2. The molecule has 6 nitrogen and oxygen atoms in total. The van der Waals surface area contributed by atoms with Gasteiger partial charge in [-0.2, -0.15) is 23.4 Å². The Balaban J connectivity index is 2.15. The van der Waals surface area contributed by atoms with E-state index in [1.165, 1.54) is 13.8 Å². The number of alkyl halides is 3. The molecule has 1 atom stereocenters. The maximum atomic E-state index is 12.9. The van der Waals surface area contributed by atoms with Crippen molar-refractivity contribution in [2.75, 3.05) is 0 Å². The summed E-state index contributed by atoms with van der Waals surface area (Å²) in [5.41, 5.74) is 0.943. The lowest BCUT2D eigenvalue weighted by Crippen LogP contribution is -2.31. The molecule has 1 amide bonds. The van der Waals surface area contributed by atoms with Crippen molar-refractivity contribution >= 4 is 21.8 Å². The second-order valence-corrected chi connectivity index (χ2v) is 6.26. The van der Waals surface area contributed by atoms with Gasteiger partial charge in [-0.25, -0.2) is 0 Å². The molecule has 132 valence electrons. The Bertz CT molecular complexity index is 765. The van der Waals surface area contributed by atoms with Crippen molar-refractivity contribution in [2.45, 2.75) is 39.5 Å². The summed E-state index contributed by atoms with van der Waals surface area (Å²) in [5, 5.41) is 10.3. The van der Waals surface area contributed by atoms with E-state index >= 15 is 0 Å². The number of aromatic nitrogens is 4. The Morgan fingerprint density at radius 3 is 2.46 bits per heavy atom. The smallest absolute Gasteiger partial charge is 0.350 e. The van der Waals surface area contributed by atoms with E-state index in [9.17, 15) is 18.0 Å². The highest BCUT2D eigenvalue weighted by molar-refractivity contribution is 9.10. The standard InChI is InChI=1S/C14H17BrF3N5O/c1-7-10(6-20-22(7)4)5-19-13(24)9(3)23-8(2)11(15)12(21-23)14(16,17)18/h6,9H,5H2,1-4H3,(H,19,24). The van der Waals surface area contributed by atoms with Gasteiger partial charge in [0.05, 0.1) is 16.4 Å². The van der Waals surface area contributed by atoms with E-state index in [1.807, 2.05) is 6.92 Å². The molecule has 0 aliphatic heterocycles. The molecule has 2 rings (SSSR count). The number of amides is 1. The lowest BCUT2D eigenvalue weighted by Gasteiger charge is -2.14. The Labute approximate surface area is 145 Å². The van der Waals surface area contributed by atoms with E-state index < -0.39 is 23.8 Å². The SMILES string of the molecule is Cc1c(CNC(=O)C(C)n2nc(C(F)(F)F)c(Br)c2C)cnn1C. The van der Waals surface area contributed by atoms with Gasteiger partial charge in [0.15, 0.2) is 5.69 Å². The molecule has 2 aromatic heterocycles. The second kappa shape index (κ2) is 6.58. The highest BCUT2D eigenvalue weighted by Crippen LogP contribution is 2.36. The Kier molecular flexibility index (Phi) is 5.07. The molecule has 0 fully saturated rings. The first-order valence-electron chi connectivity index (χ1n) is 7.11. The molecule has 2 aromatic rings. The van der Waals surface area contributed by atoms with Crippen molar-refractivity contribution in [1.29, 1.82) is 0 Å². The fourth-order valence-electron chi connectivity index (χ4n) is 2.22. The molecule has 10 heteroatoms. The van der Waals surface area contributed by atoms with Gasteiger partial charge in [0.2, 0.25) is 5.91 Å². The van der Waals surface area contributed by atoms with Gasteiger partial charge in [-0.1, -0.05) is 0 Å². The topological polar surface area (TPSA) is 64.7 Å². The summed E-state index contributed by atoms with van der Waals surface area (Å²) in [6.45, 7) is 5.08. The van der Waals surface area contributed by atoms with Crippen LogP contribution in [0, 0.1) is 13.8 Å². The quantitative estimate of drug-likeness (QED) is 0.847. The van der Waals surface area contributed by atoms with Crippen LogP contribution in [-0.4, -0.2) is 25.5 Å². The Morgan fingerprint density at radius 1 is 1.38 bits per heavy atom. The summed E-state index contributed by atoms with van der Waals surface area (Å²) in [7, 11) is 1.78. The number of carbonyl (C=O) groups excluding carboxylic acids is 1. The van der Waals surface area contributed by atoms with Gasteiger partial charge in [-0.3, -0.25) is 14.2 Å². The fourth-order valence-corrected chi connectivity index (χ4v) is 2.70. The van der Waals surface area contributed by atoms with Gasteiger partial charge in [0, 0.05) is 24.8 Å². The van der Waals surface area contributed by atoms with Crippen LogP contribution >= 0.6 is 15.9 Å². The number of halogens is 4. The third kappa shape index (κ3) is 3.47. The zero-order valence-corrected chi connectivity index (χ0v) is 15.2.